The molecular weight excluding hydrogens is 322 g/mol. The van der Waals surface area contributed by atoms with Gasteiger partial charge < -0.3 is 10.2 Å². The summed E-state index contributed by atoms with van der Waals surface area (Å²) in [6.45, 7) is 2.89. The molecule has 26 heavy (non-hydrogen) atoms. The van der Waals surface area contributed by atoms with Gasteiger partial charge in [0.1, 0.15) is 0 Å². The zero-order chi connectivity index (χ0) is 17.8. The molecule has 4 nitrogen and oxygen atoms in total. The molecule has 1 aromatic heterocycles. The summed E-state index contributed by atoms with van der Waals surface area (Å²) >= 11 is 0. The van der Waals surface area contributed by atoms with Crippen molar-refractivity contribution in [3.05, 3.63) is 59.9 Å². The molecule has 136 valence electrons. The number of benzene rings is 1. The molecule has 1 atom stereocenters. The quantitative estimate of drug-likeness (QED) is 0.861. The lowest BCUT2D eigenvalue weighted by Crippen LogP contribution is -2.41. The second-order valence-corrected chi connectivity index (χ2v) is 7.60. The monoisotopic (exact) mass is 349 g/mol. The number of amides is 1. The number of hydrogen-bond acceptors (Lipinski definition) is 3. The van der Waals surface area contributed by atoms with Crippen LogP contribution in [0, 0.1) is 5.92 Å². The maximum atomic E-state index is 12.7. The summed E-state index contributed by atoms with van der Waals surface area (Å²) in [5, 5.41) is 3.11. The third-order valence-electron chi connectivity index (χ3n) is 5.51. The number of likely N-dealkylation sites (tertiary alicyclic amines) is 1. The van der Waals surface area contributed by atoms with Crippen molar-refractivity contribution in [1.82, 2.24) is 9.88 Å². The molecule has 1 aromatic carbocycles. The topological polar surface area (TPSA) is 45.2 Å². The summed E-state index contributed by atoms with van der Waals surface area (Å²) in [7, 11) is 0. The molecule has 1 N–H and O–H groups in total. The Morgan fingerprint density at radius 2 is 1.96 bits per heavy atom. The zero-order valence-electron chi connectivity index (χ0n) is 15.2. The maximum Gasteiger partial charge on any atom is 0.228 e. The molecule has 1 saturated heterocycles. The molecule has 0 radical (unpaired) electrons. The molecule has 2 heterocycles. The summed E-state index contributed by atoms with van der Waals surface area (Å²) in [6, 6.07) is 14.5. The predicted octanol–water partition coefficient (Wildman–Crippen LogP) is 3.85. The lowest BCUT2D eigenvalue weighted by atomic mass is 9.96. The fraction of sp³-hybridized carbons (Fsp3) is 0.455. The number of hydrogen-bond donors (Lipinski definition) is 1. The van der Waals surface area contributed by atoms with E-state index < -0.39 is 0 Å². The lowest BCUT2D eigenvalue weighted by molar-refractivity contribution is -0.121. The molecule has 1 aliphatic heterocycles. The van der Waals surface area contributed by atoms with Crippen molar-refractivity contribution in [2.75, 3.05) is 25.0 Å². The fourth-order valence-electron chi connectivity index (χ4n) is 3.79. The SMILES string of the molecule is O=C(Nc1ccc(C2CC2)cc1)[C@H]1CCCN(CCc2ccccn2)C1. The van der Waals surface area contributed by atoms with E-state index in [1.54, 1.807) is 0 Å². The Kier molecular flexibility index (Phi) is 5.30. The van der Waals surface area contributed by atoms with Crippen molar-refractivity contribution in [1.29, 1.82) is 0 Å². The van der Waals surface area contributed by atoms with Gasteiger partial charge in [0.15, 0.2) is 0 Å². The van der Waals surface area contributed by atoms with Crippen molar-refractivity contribution in [3.8, 4) is 0 Å². The minimum absolute atomic E-state index is 0.0793. The van der Waals surface area contributed by atoms with E-state index in [9.17, 15) is 4.79 Å². The van der Waals surface area contributed by atoms with Crippen LogP contribution in [0.3, 0.4) is 0 Å². The number of carbonyl (C=O) groups excluding carboxylic acids is 1. The van der Waals surface area contributed by atoms with E-state index in [-0.39, 0.29) is 11.8 Å². The highest BCUT2D eigenvalue weighted by molar-refractivity contribution is 5.92. The number of pyridine rings is 1. The third kappa shape index (κ3) is 4.50. The second kappa shape index (κ2) is 8.00. The summed E-state index contributed by atoms with van der Waals surface area (Å²) in [6.07, 6.45) is 7.46. The first-order chi connectivity index (χ1) is 12.8. The van der Waals surface area contributed by atoms with Gasteiger partial charge in [0.05, 0.1) is 5.92 Å². The molecule has 0 spiro atoms. The summed E-state index contributed by atoms with van der Waals surface area (Å²) in [5.41, 5.74) is 3.45. The first kappa shape index (κ1) is 17.2. The normalized spacial score (nSPS) is 20.7. The van der Waals surface area contributed by atoms with Crippen LogP contribution < -0.4 is 5.32 Å². The minimum atomic E-state index is 0.0793. The van der Waals surface area contributed by atoms with E-state index >= 15 is 0 Å². The molecule has 2 aromatic rings. The average molecular weight is 349 g/mol. The molecular formula is C22H27N3O. The van der Waals surface area contributed by atoms with Crippen molar-refractivity contribution < 1.29 is 4.79 Å². The van der Waals surface area contributed by atoms with Crippen molar-refractivity contribution in [2.45, 2.75) is 38.0 Å². The largest absolute Gasteiger partial charge is 0.326 e. The highest BCUT2D eigenvalue weighted by Crippen LogP contribution is 2.40. The molecule has 1 saturated carbocycles. The van der Waals surface area contributed by atoms with Gasteiger partial charge in [-0.15, -0.1) is 0 Å². The van der Waals surface area contributed by atoms with Crippen LogP contribution in [0.2, 0.25) is 0 Å². The number of aromatic nitrogens is 1. The third-order valence-corrected chi connectivity index (χ3v) is 5.51. The fourth-order valence-corrected chi connectivity index (χ4v) is 3.79. The summed E-state index contributed by atoms with van der Waals surface area (Å²) in [4.78, 5) is 19.5. The van der Waals surface area contributed by atoms with Crippen LogP contribution in [0.15, 0.2) is 48.7 Å². The Bertz CT molecular complexity index is 725. The van der Waals surface area contributed by atoms with E-state index in [2.05, 4.69) is 33.4 Å². The van der Waals surface area contributed by atoms with E-state index in [1.165, 1.54) is 18.4 Å². The summed E-state index contributed by atoms with van der Waals surface area (Å²) in [5.74, 6) is 0.994. The molecule has 0 unspecified atom stereocenters. The van der Waals surface area contributed by atoms with Crippen molar-refractivity contribution in [2.24, 2.45) is 5.92 Å². The standard InChI is InChI=1S/C22H27N3O/c26-22(24-21-10-8-18(9-11-21)17-6-7-17)19-4-3-14-25(16-19)15-12-20-5-1-2-13-23-20/h1-2,5,8-11,13,17,19H,3-4,6-7,12,14-16H2,(H,24,26)/t19-/m0/s1. The molecule has 4 heteroatoms. The number of nitrogens with zero attached hydrogens (tertiary/aromatic N) is 2. The number of nitrogens with one attached hydrogen (secondary N) is 1. The highest BCUT2D eigenvalue weighted by atomic mass is 16.1. The Hall–Kier alpha value is -2.20. The highest BCUT2D eigenvalue weighted by Gasteiger charge is 2.26. The van der Waals surface area contributed by atoms with Gasteiger partial charge in [-0.05, 0) is 68.0 Å². The van der Waals surface area contributed by atoms with E-state index in [1.807, 2.05) is 30.5 Å². The van der Waals surface area contributed by atoms with Crippen LogP contribution in [0.5, 0.6) is 0 Å². The van der Waals surface area contributed by atoms with Crippen LogP contribution >= 0.6 is 0 Å². The van der Waals surface area contributed by atoms with Gasteiger partial charge in [0, 0.05) is 37.1 Å². The zero-order valence-corrected chi connectivity index (χ0v) is 15.2. The van der Waals surface area contributed by atoms with Gasteiger partial charge in [-0.25, -0.2) is 0 Å². The van der Waals surface area contributed by atoms with Crippen LogP contribution in [0.25, 0.3) is 0 Å². The maximum absolute atomic E-state index is 12.7. The van der Waals surface area contributed by atoms with Crippen LogP contribution in [-0.2, 0) is 11.2 Å². The smallest absolute Gasteiger partial charge is 0.228 e. The van der Waals surface area contributed by atoms with Crippen LogP contribution in [-0.4, -0.2) is 35.4 Å². The van der Waals surface area contributed by atoms with Crippen LogP contribution in [0.4, 0.5) is 5.69 Å². The van der Waals surface area contributed by atoms with Crippen molar-refractivity contribution >= 4 is 11.6 Å². The Balaban J connectivity index is 1.28. The van der Waals surface area contributed by atoms with E-state index in [0.717, 1.165) is 56.2 Å². The molecule has 1 aliphatic carbocycles. The molecule has 4 rings (SSSR count). The number of piperidine rings is 1. The number of rotatable bonds is 6. The van der Waals surface area contributed by atoms with E-state index in [4.69, 9.17) is 0 Å². The molecule has 2 aliphatic rings. The Morgan fingerprint density at radius 3 is 2.69 bits per heavy atom. The Labute approximate surface area is 155 Å². The second-order valence-electron chi connectivity index (χ2n) is 7.60. The molecule has 0 bridgehead atoms. The first-order valence-corrected chi connectivity index (χ1v) is 9.81. The van der Waals surface area contributed by atoms with Gasteiger partial charge in [0.25, 0.3) is 0 Å². The van der Waals surface area contributed by atoms with Gasteiger partial charge in [-0.2, -0.15) is 0 Å². The average Bonchev–Trinajstić information content (AvgIpc) is 3.53. The number of anilines is 1. The Morgan fingerprint density at radius 1 is 1.12 bits per heavy atom. The van der Waals surface area contributed by atoms with Gasteiger partial charge >= 0.3 is 0 Å². The van der Waals surface area contributed by atoms with Gasteiger partial charge in [-0.3, -0.25) is 9.78 Å². The lowest BCUT2D eigenvalue weighted by Gasteiger charge is -2.31. The van der Waals surface area contributed by atoms with Gasteiger partial charge in [0.2, 0.25) is 5.91 Å². The van der Waals surface area contributed by atoms with Gasteiger partial charge in [-0.1, -0.05) is 18.2 Å². The molecule has 1 amide bonds. The minimum Gasteiger partial charge on any atom is -0.326 e. The van der Waals surface area contributed by atoms with Crippen molar-refractivity contribution in [3.63, 3.8) is 0 Å². The van der Waals surface area contributed by atoms with Crippen LogP contribution in [0.1, 0.15) is 42.9 Å². The molecule has 2 fully saturated rings. The predicted molar refractivity (Wildman–Crippen MR) is 104 cm³/mol. The number of carbonyl (C=O) groups is 1. The first-order valence-electron chi connectivity index (χ1n) is 9.81. The summed E-state index contributed by atoms with van der Waals surface area (Å²) < 4.78 is 0. The van der Waals surface area contributed by atoms with E-state index in [0.29, 0.717) is 0 Å².